The second-order valence-electron chi connectivity index (χ2n) is 15.0. The number of piperidine rings is 1. The summed E-state index contributed by atoms with van der Waals surface area (Å²) in [5.74, 6) is 0.978. The number of rotatable bonds is 11. The summed E-state index contributed by atoms with van der Waals surface area (Å²) in [5, 5.41) is 11.1. The number of pyridine rings is 1. The van der Waals surface area contributed by atoms with E-state index in [1.165, 1.54) is 10.6 Å². The van der Waals surface area contributed by atoms with Gasteiger partial charge in [0, 0.05) is 46.2 Å². The predicted molar refractivity (Wildman–Crippen MR) is 214 cm³/mol. The molecule has 0 spiro atoms. The molecule has 0 aliphatic carbocycles. The predicted octanol–water partition coefficient (Wildman–Crippen LogP) is 5.21. The average Bonchev–Trinajstić information content (AvgIpc) is 3.95. The number of amides is 2. The van der Waals surface area contributed by atoms with Crippen LogP contribution in [0, 0.1) is 11.2 Å². The number of aromatic nitrogens is 5. The van der Waals surface area contributed by atoms with Crippen LogP contribution in [0.2, 0.25) is 0 Å². The first-order valence-electron chi connectivity index (χ1n) is 19.5. The van der Waals surface area contributed by atoms with Crippen molar-refractivity contribution in [1.82, 2.24) is 39.2 Å². The average molecular weight is 759 g/mol. The number of halogens is 1. The van der Waals surface area contributed by atoms with Crippen LogP contribution in [0.5, 0.6) is 0 Å². The Morgan fingerprint density at radius 3 is 2.61 bits per heavy atom. The molecule has 1 unspecified atom stereocenters. The van der Waals surface area contributed by atoms with Crippen LogP contribution in [0.4, 0.5) is 10.2 Å². The lowest BCUT2D eigenvalue weighted by Gasteiger charge is -2.35. The van der Waals surface area contributed by atoms with Gasteiger partial charge in [-0.1, -0.05) is 24.3 Å². The molecule has 3 aliphatic rings. The number of H-pyrrole nitrogens is 1. The first-order chi connectivity index (χ1) is 27.2. The van der Waals surface area contributed by atoms with E-state index < -0.39 is 11.9 Å². The number of imide groups is 1. The molecule has 2 amide bonds. The van der Waals surface area contributed by atoms with Crippen LogP contribution in [0.3, 0.4) is 0 Å². The molecule has 3 fully saturated rings. The number of likely N-dealkylation sites (tertiary alicyclic amines) is 1. The maximum Gasteiger partial charge on any atom is 0.329 e. The van der Waals surface area contributed by atoms with Crippen molar-refractivity contribution in [1.29, 1.82) is 5.41 Å². The van der Waals surface area contributed by atoms with Crippen LogP contribution in [-0.4, -0.2) is 90.8 Å². The fraction of sp³-hybridized carbons (Fsp3) is 0.381. The van der Waals surface area contributed by atoms with Gasteiger partial charge in [-0.15, -0.1) is 0 Å². The van der Waals surface area contributed by atoms with Crippen LogP contribution >= 0.6 is 0 Å². The number of hydrogen-bond donors (Lipinski definition) is 3. The van der Waals surface area contributed by atoms with Crippen LogP contribution in [0.15, 0.2) is 77.7 Å². The molecule has 3 N–H and O–H groups in total. The summed E-state index contributed by atoms with van der Waals surface area (Å²) >= 11 is 0. The first-order valence-corrected chi connectivity index (χ1v) is 19.5. The minimum atomic E-state index is -0.680. The number of aromatic amines is 1. The van der Waals surface area contributed by atoms with E-state index in [1.54, 1.807) is 42.1 Å². The third-order valence-corrected chi connectivity index (χ3v) is 11.4. The number of carbonyl (C=O) groups excluding carboxylic acids is 2. The maximum absolute atomic E-state index is 13.9. The van der Waals surface area contributed by atoms with Crippen LogP contribution in [0.25, 0.3) is 28.5 Å². The molecule has 3 aliphatic heterocycles. The van der Waals surface area contributed by atoms with Gasteiger partial charge >= 0.3 is 5.69 Å². The van der Waals surface area contributed by atoms with Crippen molar-refractivity contribution in [2.75, 3.05) is 44.2 Å². The molecule has 3 aromatic heterocycles. The number of benzene rings is 2. The highest BCUT2D eigenvalue weighted by atomic mass is 19.1. The van der Waals surface area contributed by atoms with Gasteiger partial charge in [-0.3, -0.25) is 34.3 Å². The zero-order valence-electron chi connectivity index (χ0n) is 31.6. The Bertz CT molecular complexity index is 2350. The van der Waals surface area contributed by atoms with E-state index >= 15 is 0 Å². The number of piperazine rings is 1. The lowest BCUT2D eigenvalue weighted by atomic mass is 10.0. The second kappa shape index (κ2) is 16.1. The van der Waals surface area contributed by atoms with Gasteiger partial charge in [0.05, 0.1) is 34.7 Å². The lowest BCUT2D eigenvalue weighted by molar-refractivity contribution is -0.135. The van der Waals surface area contributed by atoms with Gasteiger partial charge < -0.3 is 14.8 Å². The Kier molecular flexibility index (Phi) is 10.6. The van der Waals surface area contributed by atoms with Crippen molar-refractivity contribution >= 4 is 40.6 Å². The Balaban J connectivity index is 0.809. The molecule has 13 nitrogen and oxygen atoms in total. The molecule has 290 valence electrons. The highest BCUT2D eigenvalue weighted by molar-refractivity contribution is 6.00. The zero-order chi connectivity index (χ0) is 38.8. The molecule has 0 radical (unpaired) electrons. The van der Waals surface area contributed by atoms with E-state index in [0.717, 1.165) is 105 Å². The van der Waals surface area contributed by atoms with Crippen molar-refractivity contribution in [2.45, 2.75) is 57.0 Å². The number of amidine groups is 1. The minimum Gasteiger partial charge on any atom is -0.354 e. The summed E-state index contributed by atoms with van der Waals surface area (Å²) < 4.78 is 17.0. The number of aryl methyl sites for hydroxylation is 2. The number of hydrogen-bond acceptors (Lipinski definition) is 8. The molecule has 2 atom stereocenters. The van der Waals surface area contributed by atoms with E-state index in [4.69, 9.17) is 10.4 Å². The molecule has 14 heteroatoms. The van der Waals surface area contributed by atoms with Crippen molar-refractivity contribution in [3.63, 3.8) is 0 Å². The summed E-state index contributed by atoms with van der Waals surface area (Å²) in [5.41, 5.74) is 4.93. The van der Waals surface area contributed by atoms with Crippen LogP contribution in [-0.2, 0) is 23.1 Å². The molecule has 0 bridgehead atoms. The number of imidazole rings is 2. The van der Waals surface area contributed by atoms with Crippen molar-refractivity contribution < 1.29 is 14.0 Å². The highest BCUT2D eigenvalue weighted by Gasteiger charge is 2.31. The molecule has 5 aromatic rings. The molecule has 2 aromatic carbocycles. The van der Waals surface area contributed by atoms with Crippen molar-refractivity contribution in [2.24, 2.45) is 7.05 Å². The lowest BCUT2D eigenvalue weighted by Crippen LogP contribution is -2.46. The molecule has 8 rings (SSSR count). The summed E-state index contributed by atoms with van der Waals surface area (Å²) in [4.78, 5) is 56.9. The number of nitrogens with zero attached hydrogens (tertiary/aromatic N) is 7. The van der Waals surface area contributed by atoms with Gasteiger partial charge in [0.25, 0.3) is 0 Å². The number of anilines is 1. The fourth-order valence-corrected chi connectivity index (χ4v) is 8.33. The summed E-state index contributed by atoms with van der Waals surface area (Å²) in [7, 11) is 1.73. The zero-order valence-corrected chi connectivity index (χ0v) is 31.6. The standard InChI is InChI=1S/C42H47FN10O3/c1-49-36-25-28(13-14-34(36)53(42(49)56)35-15-18-40(54)48-41(35)55)7-2-3-19-50-21-23-51(24-22-50)39-12-5-10-31(47-39)32-27-45-38(46-32)17-16-37(44)52-20-6-11-33(52)29-8-4-9-30(43)26-29/h4-5,8-10,12-14,16-17,25-27,33,35,44H,2-3,6-7,11,15,18-24H2,1H3,(H,45,46)(H,48,54,55)/b17-16-,44-37?/t33-,35?/m1/s1. The van der Waals surface area contributed by atoms with E-state index in [2.05, 4.69) is 31.2 Å². The number of unbranched alkanes of at least 4 members (excludes halogenated alkanes) is 1. The van der Waals surface area contributed by atoms with E-state index in [1.807, 2.05) is 41.3 Å². The summed E-state index contributed by atoms with van der Waals surface area (Å²) in [6, 6.07) is 18.0. The maximum atomic E-state index is 13.9. The monoisotopic (exact) mass is 758 g/mol. The number of carbonyl (C=O) groups is 2. The molecular weight excluding hydrogens is 712 g/mol. The SMILES string of the molecule is Cn1c(=O)n(C2CCC(=O)NC2=O)c2ccc(CCCCN3CCN(c4cccc(-c5cnc(/C=C\C(=N)N6CCC[C@@H]6c6cccc(F)c6)[nH]5)n4)CC3)cc21. The number of fused-ring (bicyclic) bond motifs is 1. The van der Waals surface area contributed by atoms with E-state index in [-0.39, 0.29) is 29.9 Å². The molecule has 3 saturated heterocycles. The third-order valence-electron chi connectivity index (χ3n) is 11.4. The van der Waals surface area contributed by atoms with Gasteiger partial charge in [0.2, 0.25) is 11.8 Å². The van der Waals surface area contributed by atoms with Gasteiger partial charge in [-0.2, -0.15) is 0 Å². The molecule has 0 saturated carbocycles. The highest BCUT2D eigenvalue weighted by Crippen LogP contribution is 2.33. The summed E-state index contributed by atoms with van der Waals surface area (Å²) in [6.07, 6.45) is 10.7. The molecular formula is C42H47FN10O3. The quantitative estimate of drug-likeness (QED) is 0.0720. The van der Waals surface area contributed by atoms with Crippen molar-refractivity contribution in [3.8, 4) is 11.4 Å². The van der Waals surface area contributed by atoms with Crippen molar-refractivity contribution in [3.05, 3.63) is 106 Å². The minimum absolute atomic E-state index is 0.00769. The first kappa shape index (κ1) is 37.1. The third kappa shape index (κ3) is 7.79. The van der Waals surface area contributed by atoms with Crippen LogP contribution in [0.1, 0.15) is 67.6 Å². The van der Waals surface area contributed by atoms with E-state index in [9.17, 15) is 18.8 Å². The van der Waals surface area contributed by atoms with Gasteiger partial charge in [-0.05, 0) is 105 Å². The van der Waals surface area contributed by atoms with Gasteiger partial charge in [0.15, 0.2) is 0 Å². The normalized spacial score (nSPS) is 19.4. The van der Waals surface area contributed by atoms with Gasteiger partial charge in [-0.25, -0.2) is 19.2 Å². The topological polar surface area (TPSA) is 148 Å². The summed E-state index contributed by atoms with van der Waals surface area (Å²) in [6.45, 7) is 5.45. The second-order valence-corrected chi connectivity index (χ2v) is 15.0. The smallest absolute Gasteiger partial charge is 0.329 e. The van der Waals surface area contributed by atoms with Gasteiger partial charge in [0.1, 0.15) is 29.3 Å². The Morgan fingerprint density at radius 2 is 1.79 bits per heavy atom. The Hall–Kier alpha value is -5.89. The molecule has 6 heterocycles. The Labute approximate surface area is 324 Å². The largest absolute Gasteiger partial charge is 0.354 e. The van der Waals surface area contributed by atoms with E-state index in [0.29, 0.717) is 23.6 Å². The fourth-order valence-electron chi connectivity index (χ4n) is 8.33. The number of nitrogens with one attached hydrogen (secondary N) is 3. The Morgan fingerprint density at radius 1 is 0.946 bits per heavy atom. The van der Waals surface area contributed by atoms with Crippen LogP contribution < -0.4 is 15.9 Å². The molecule has 56 heavy (non-hydrogen) atoms.